The quantitative estimate of drug-likeness (QED) is 0.646. The van der Waals surface area contributed by atoms with Crippen LogP contribution in [0.3, 0.4) is 0 Å². The van der Waals surface area contributed by atoms with E-state index in [1.807, 2.05) is 6.92 Å². The zero-order valence-corrected chi connectivity index (χ0v) is 10.5. The van der Waals surface area contributed by atoms with Gasteiger partial charge < -0.3 is 5.32 Å². The van der Waals surface area contributed by atoms with E-state index in [-0.39, 0.29) is 12.0 Å². The van der Waals surface area contributed by atoms with Gasteiger partial charge in [-0.05, 0) is 12.8 Å². The Kier molecular flexibility index (Phi) is 4.57. The van der Waals surface area contributed by atoms with Crippen molar-refractivity contribution in [1.29, 1.82) is 0 Å². The van der Waals surface area contributed by atoms with E-state index in [4.69, 9.17) is 18.0 Å². The van der Waals surface area contributed by atoms with Crippen molar-refractivity contribution in [1.82, 2.24) is 9.97 Å². The van der Waals surface area contributed by atoms with Crippen LogP contribution >= 0.6 is 11.6 Å². The van der Waals surface area contributed by atoms with E-state index in [0.717, 1.165) is 11.4 Å². The molecule has 86 valence electrons. The number of terminal acetylenes is 1. The first-order valence-electron chi connectivity index (χ1n) is 5.26. The third kappa shape index (κ3) is 3.11. The fourth-order valence-corrected chi connectivity index (χ4v) is 1.81. The summed E-state index contributed by atoms with van der Waals surface area (Å²) in [6.45, 7) is 6.13. The maximum atomic E-state index is 6.05. The van der Waals surface area contributed by atoms with Gasteiger partial charge in [0.2, 0.25) is 0 Å². The molecule has 0 aliphatic heterocycles. The molecule has 1 unspecified atom stereocenters. The van der Waals surface area contributed by atoms with Crippen molar-refractivity contribution in [2.75, 3.05) is 5.32 Å². The molecule has 0 aliphatic carbocycles. The van der Waals surface area contributed by atoms with Gasteiger partial charge in [0.15, 0.2) is 0 Å². The van der Waals surface area contributed by atoms with Crippen molar-refractivity contribution in [2.45, 2.75) is 39.2 Å². The molecule has 1 N–H and O–H groups in total. The zero-order chi connectivity index (χ0) is 12.1. The van der Waals surface area contributed by atoms with E-state index >= 15 is 0 Å². The number of rotatable bonds is 4. The number of nitrogens with zero attached hydrogens (tertiary/aromatic N) is 2. The second-order valence-electron chi connectivity index (χ2n) is 4.04. The van der Waals surface area contributed by atoms with Gasteiger partial charge >= 0.3 is 0 Å². The number of hydrogen-bond acceptors (Lipinski definition) is 3. The van der Waals surface area contributed by atoms with Gasteiger partial charge in [0.25, 0.3) is 0 Å². The first-order valence-corrected chi connectivity index (χ1v) is 5.64. The first-order chi connectivity index (χ1) is 7.56. The van der Waals surface area contributed by atoms with Crippen molar-refractivity contribution in [3.05, 3.63) is 17.0 Å². The molecule has 0 saturated carbocycles. The summed E-state index contributed by atoms with van der Waals surface area (Å²) in [6.07, 6.45) is 7.37. The van der Waals surface area contributed by atoms with Crippen molar-refractivity contribution in [3.8, 4) is 12.3 Å². The molecule has 4 heteroatoms. The van der Waals surface area contributed by atoms with Gasteiger partial charge in [0.05, 0.1) is 0 Å². The Bertz CT molecular complexity index is 396. The topological polar surface area (TPSA) is 37.8 Å². The van der Waals surface area contributed by atoms with Crippen LogP contribution in [0.4, 0.5) is 5.82 Å². The Hall–Kier alpha value is -1.27. The predicted molar refractivity (Wildman–Crippen MR) is 67.7 cm³/mol. The van der Waals surface area contributed by atoms with Gasteiger partial charge in [0, 0.05) is 18.0 Å². The third-order valence-electron chi connectivity index (χ3n) is 2.22. The molecule has 16 heavy (non-hydrogen) atoms. The number of nitrogens with one attached hydrogen (secondary N) is 1. The van der Waals surface area contributed by atoms with Crippen LogP contribution in [0.1, 0.15) is 38.7 Å². The third-order valence-corrected chi connectivity index (χ3v) is 2.52. The molecule has 1 aromatic heterocycles. The lowest BCUT2D eigenvalue weighted by Gasteiger charge is -2.17. The van der Waals surface area contributed by atoms with E-state index < -0.39 is 0 Å². The number of anilines is 1. The smallest absolute Gasteiger partial charge is 0.138 e. The van der Waals surface area contributed by atoms with Crippen LogP contribution in [-0.2, 0) is 0 Å². The summed E-state index contributed by atoms with van der Waals surface area (Å²) in [6, 6.07) is 0.175. The van der Waals surface area contributed by atoms with E-state index in [1.54, 1.807) is 0 Å². The van der Waals surface area contributed by atoms with Crippen LogP contribution in [0.5, 0.6) is 0 Å². The Morgan fingerprint density at radius 1 is 1.44 bits per heavy atom. The summed E-state index contributed by atoms with van der Waals surface area (Å²) in [5.74, 6) is 3.66. The van der Waals surface area contributed by atoms with Crippen LogP contribution in [0, 0.1) is 12.3 Å². The molecular formula is C12H16ClN3. The maximum absolute atomic E-state index is 6.05. The molecule has 3 nitrogen and oxygen atoms in total. The summed E-state index contributed by atoms with van der Waals surface area (Å²) in [7, 11) is 0. The predicted octanol–water partition coefficient (Wildman–Crippen LogP) is 3.08. The molecule has 0 saturated heterocycles. The highest BCUT2D eigenvalue weighted by atomic mass is 35.5. The molecular weight excluding hydrogens is 222 g/mol. The highest BCUT2D eigenvalue weighted by molar-refractivity contribution is 6.30. The second kappa shape index (κ2) is 5.72. The number of hydrogen-bond donors (Lipinski definition) is 1. The van der Waals surface area contributed by atoms with Crippen molar-refractivity contribution in [3.63, 3.8) is 0 Å². The van der Waals surface area contributed by atoms with E-state index in [0.29, 0.717) is 11.6 Å². The fourth-order valence-electron chi connectivity index (χ4n) is 1.46. The first kappa shape index (κ1) is 12.8. The van der Waals surface area contributed by atoms with Gasteiger partial charge in [0.1, 0.15) is 17.3 Å². The SMILES string of the molecule is C#CCC(C)Nc1ncnc(Cl)c1C(C)C. The number of halogens is 1. The molecule has 1 aromatic rings. The molecule has 0 bridgehead atoms. The molecule has 1 atom stereocenters. The number of aromatic nitrogens is 2. The lowest BCUT2D eigenvalue weighted by Crippen LogP contribution is -2.17. The summed E-state index contributed by atoms with van der Waals surface area (Å²) in [5.41, 5.74) is 0.938. The summed E-state index contributed by atoms with van der Waals surface area (Å²) in [4.78, 5) is 8.20. The van der Waals surface area contributed by atoms with Crippen LogP contribution in [-0.4, -0.2) is 16.0 Å². The van der Waals surface area contributed by atoms with Crippen LogP contribution in [0.2, 0.25) is 5.15 Å². The van der Waals surface area contributed by atoms with Gasteiger partial charge in [-0.15, -0.1) is 12.3 Å². The second-order valence-corrected chi connectivity index (χ2v) is 4.39. The monoisotopic (exact) mass is 237 g/mol. The fraction of sp³-hybridized carbons (Fsp3) is 0.500. The minimum absolute atomic E-state index is 0.175. The largest absolute Gasteiger partial charge is 0.366 e. The Morgan fingerprint density at radius 2 is 2.12 bits per heavy atom. The van der Waals surface area contributed by atoms with Crippen LogP contribution in [0.15, 0.2) is 6.33 Å². The lowest BCUT2D eigenvalue weighted by atomic mass is 10.1. The Balaban J connectivity index is 2.96. The van der Waals surface area contributed by atoms with Crippen LogP contribution in [0.25, 0.3) is 0 Å². The van der Waals surface area contributed by atoms with Crippen molar-refractivity contribution < 1.29 is 0 Å². The van der Waals surface area contributed by atoms with Crippen molar-refractivity contribution in [2.24, 2.45) is 0 Å². The minimum Gasteiger partial charge on any atom is -0.366 e. The average Bonchev–Trinajstić information content (AvgIpc) is 2.17. The lowest BCUT2D eigenvalue weighted by molar-refractivity contribution is 0.795. The highest BCUT2D eigenvalue weighted by Gasteiger charge is 2.14. The molecule has 0 amide bonds. The zero-order valence-electron chi connectivity index (χ0n) is 9.79. The van der Waals surface area contributed by atoms with E-state index in [1.165, 1.54) is 6.33 Å². The van der Waals surface area contributed by atoms with Gasteiger partial charge in [-0.1, -0.05) is 25.4 Å². The Morgan fingerprint density at radius 3 is 2.69 bits per heavy atom. The molecule has 0 aliphatic rings. The molecule has 0 radical (unpaired) electrons. The summed E-state index contributed by atoms with van der Waals surface area (Å²) < 4.78 is 0. The normalized spacial score (nSPS) is 12.2. The molecule has 0 fully saturated rings. The van der Waals surface area contributed by atoms with Gasteiger partial charge in [-0.3, -0.25) is 0 Å². The van der Waals surface area contributed by atoms with Crippen LogP contribution < -0.4 is 5.32 Å². The molecule has 0 aromatic carbocycles. The minimum atomic E-state index is 0.175. The molecule has 1 heterocycles. The Labute approximate surface area is 102 Å². The highest BCUT2D eigenvalue weighted by Crippen LogP contribution is 2.28. The molecule has 1 rings (SSSR count). The van der Waals surface area contributed by atoms with Gasteiger partial charge in [-0.25, -0.2) is 9.97 Å². The van der Waals surface area contributed by atoms with Gasteiger partial charge in [-0.2, -0.15) is 0 Å². The standard InChI is InChI=1S/C12H16ClN3/c1-5-6-9(4)16-12-10(8(2)3)11(13)14-7-15-12/h1,7-9H,6H2,2-4H3,(H,14,15,16). The average molecular weight is 238 g/mol. The van der Waals surface area contributed by atoms with E-state index in [2.05, 4.69) is 35.1 Å². The maximum Gasteiger partial charge on any atom is 0.138 e. The van der Waals surface area contributed by atoms with Crippen molar-refractivity contribution >= 4 is 17.4 Å². The molecule has 0 spiro atoms. The summed E-state index contributed by atoms with van der Waals surface area (Å²) in [5, 5.41) is 3.76. The van der Waals surface area contributed by atoms with E-state index in [9.17, 15) is 0 Å². The summed E-state index contributed by atoms with van der Waals surface area (Å²) >= 11 is 6.05.